The lowest BCUT2D eigenvalue weighted by molar-refractivity contribution is 0.171. The SMILES string of the molecule is NCc1cccc(Nc2ccc3c(c2)OCCO3)c1. The van der Waals surface area contributed by atoms with E-state index in [4.69, 9.17) is 15.2 Å². The van der Waals surface area contributed by atoms with Crippen molar-refractivity contribution in [3.05, 3.63) is 48.0 Å². The first kappa shape index (κ1) is 11.9. The molecule has 0 aliphatic carbocycles. The average molecular weight is 256 g/mol. The van der Waals surface area contributed by atoms with E-state index in [0.717, 1.165) is 28.4 Å². The molecule has 98 valence electrons. The van der Waals surface area contributed by atoms with Crippen LogP contribution >= 0.6 is 0 Å². The maximum absolute atomic E-state index is 5.64. The van der Waals surface area contributed by atoms with Crippen LogP contribution in [-0.2, 0) is 6.54 Å². The number of fused-ring (bicyclic) bond motifs is 1. The molecule has 3 N–H and O–H groups in total. The fraction of sp³-hybridized carbons (Fsp3) is 0.200. The van der Waals surface area contributed by atoms with Crippen molar-refractivity contribution in [2.45, 2.75) is 6.54 Å². The zero-order valence-corrected chi connectivity index (χ0v) is 10.6. The van der Waals surface area contributed by atoms with Crippen molar-refractivity contribution in [2.24, 2.45) is 5.73 Å². The summed E-state index contributed by atoms with van der Waals surface area (Å²) in [5.74, 6) is 1.58. The van der Waals surface area contributed by atoms with Gasteiger partial charge in [0.1, 0.15) is 13.2 Å². The lowest BCUT2D eigenvalue weighted by Gasteiger charge is -2.19. The Hall–Kier alpha value is -2.20. The molecule has 0 bridgehead atoms. The topological polar surface area (TPSA) is 56.5 Å². The summed E-state index contributed by atoms with van der Waals surface area (Å²) in [6.45, 7) is 1.74. The molecule has 4 heteroatoms. The molecule has 0 aromatic heterocycles. The highest BCUT2D eigenvalue weighted by molar-refractivity contribution is 5.64. The Kier molecular flexibility index (Phi) is 3.25. The predicted molar refractivity (Wildman–Crippen MR) is 75.0 cm³/mol. The highest BCUT2D eigenvalue weighted by Crippen LogP contribution is 2.33. The van der Waals surface area contributed by atoms with Crippen molar-refractivity contribution in [1.29, 1.82) is 0 Å². The summed E-state index contributed by atoms with van der Waals surface area (Å²) >= 11 is 0. The molecule has 3 rings (SSSR count). The first-order valence-electron chi connectivity index (χ1n) is 6.31. The van der Waals surface area contributed by atoms with Crippen LogP contribution in [0.5, 0.6) is 11.5 Å². The predicted octanol–water partition coefficient (Wildman–Crippen LogP) is 2.66. The molecule has 0 saturated heterocycles. The largest absolute Gasteiger partial charge is 0.486 e. The molecular weight excluding hydrogens is 240 g/mol. The van der Waals surface area contributed by atoms with E-state index in [1.165, 1.54) is 0 Å². The van der Waals surface area contributed by atoms with Crippen LogP contribution in [0.15, 0.2) is 42.5 Å². The number of nitrogens with two attached hydrogens (primary N) is 1. The van der Waals surface area contributed by atoms with Crippen molar-refractivity contribution in [1.82, 2.24) is 0 Å². The lowest BCUT2D eigenvalue weighted by Crippen LogP contribution is -2.15. The second kappa shape index (κ2) is 5.20. The molecule has 0 amide bonds. The van der Waals surface area contributed by atoms with Gasteiger partial charge in [-0.3, -0.25) is 0 Å². The van der Waals surface area contributed by atoms with Crippen LogP contribution in [0.25, 0.3) is 0 Å². The third-order valence-electron chi connectivity index (χ3n) is 2.99. The van der Waals surface area contributed by atoms with E-state index < -0.39 is 0 Å². The van der Waals surface area contributed by atoms with Crippen LogP contribution in [0.2, 0.25) is 0 Å². The third-order valence-corrected chi connectivity index (χ3v) is 2.99. The normalized spacial score (nSPS) is 13.1. The number of hydrogen-bond donors (Lipinski definition) is 2. The molecular formula is C15H16N2O2. The Morgan fingerprint density at radius 2 is 1.74 bits per heavy atom. The van der Waals surface area contributed by atoms with Gasteiger partial charge in [0.2, 0.25) is 0 Å². The van der Waals surface area contributed by atoms with Crippen LogP contribution in [0.4, 0.5) is 11.4 Å². The Balaban J connectivity index is 1.82. The molecule has 1 aliphatic heterocycles. The van der Waals surface area contributed by atoms with Gasteiger partial charge in [-0.25, -0.2) is 0 Å². The van der Waals surface area contributed by atoms with Gasteiger partial charge in [0.25, 0.3) is 0 Å². The molecule has 0 spiro atoms. The van der Waals surface area contributed by atoms with E-state index >= 15 is 0 Å². The highest BCUT2D eigenvalue weighted by Gasteiger charge is 2.11. The minimum atomic E-state index is 0.538. The molecule has 0 fully saturated rings. The van der Waals surface area contributed by atoms with Crippen molar-refractivity contribution < 1.29 is 9.47 Å². The van der Waals surface area contributed by atoms with Crippen LogP contribution in [0.1, 0.15) is 5.56 Å². The molecule has 0 radical (unpaired) electrons. The second-order valence-electron chi connectivity index (χ2n) is 4.39. The molecule has 1 aliphatic rings. The zero-order chi connectivity index (χ0) is 13.1. The second-order valence-corrected chi connectivity index (χ2v) is 4.39. The monoisotopic (exact) mass is 256 g/mol. The summed E-state index contributed by atoms with van der Waals surface area (Å²) < 4.78 is 11.1. The van der Waals surface area contributed by atoms with E-state index in [1.54, 1.807) is 0 Å². The van der Waals surface area contributed by atoms with E-state index in [9.17, 15) is 0 Å². The van der Waals surface area contributed by atoms with E-state index in [2.05, 4.69) is 5.32 Å². The van der Waals surface area contributed by atoms with Gasteiger partial charge in [-0.2, -0.15) is 0 Å². The average Bonchev–Trinajstić information content (AvgIpc) is 2.47. The Morgan fingerprint density at radius 1 is 0.947 bits per heavy atom. The fourth-order valence-corrected chi connectivity index (χ4v) is 2.06. The summed E-state index contributed by atoms with van der Waals surface area (Å²) in [5, 5.41) is 3.34. The van der Waals surface area contributed by atoms with Gasteiger partial charge in [-0.1, -0.05) is 12.1 Å². The highest BCUT2D eigenvalue weighted by atomic mass is 16.6. The van der Waals surface area contributed by atoms with Crippen LogP contribution in [-0.4, -0.2) is 13.2 Å². The molecule has 0 atom stereocenters. The summed E-state index contributed by atoms with van der Waals surface area (Å²) in [6.07, 6.45) is 0. The summed E-state index contributed by atoms with van der Waals surface area (Å²) in [6, 6.07) is 13.9. The van der Waals surface area contributed by atoms with E-state index in [-0.39, 0.29) is 0 Å². The van der Waals surface area contributed by atoms with E-state index in [1.807, 2.05) is 42.5 Å². The Bertz CT molecular complexity index is 584. The third kappa shape index (κ3) is 2.63. The molecule has 2 aromatic rings. The smallest absolute Gasteiger partial charge is 0.163 e. The quantitative estimate of drug-likeness (QED) is 0.886. The minimum Gasteiger partial charge on any atom is -0.486 e. The maximum atomic E-state index is 5.64. The Morgan fingerprint density at radius 3 is 2.58 bits per heavy atom. The molecule has 2 aromatic carbocycles. The van der Waals surface area contributed by atoms with E-state index in [0.29, 0.717) is 19.8 Å². The van der Waals surface area contributed by atoms with Crippen molar-refractivity contribution >= 4 is 11.4 Å². The first-order chi connectivity index (χ1) is 9.35. The summed E-state index contributed by atoms with van der Waals surface area (Å²) in [4.78, 5) is 0. The molecule has 19 heavy (non-hydrogen) atoms. The molecule has 0 unspecified atom stereocenters. The first-order valence-corrected chi connectivity index (χ1v) is 6.31. The number of nitrogens with one attached hydrogen (secondary N) is 1. The van der Waals surface area contributed by atoms with Gasteiger partial charge in [-0.15, -0.1) is 0 Å². The van der Waals surface area contributed by atoms with Crippen molar-refractivity contribution in [3.63, 3.8) is 0 Å². The lowest BCUT2D eigenvalue weighted by atomic mass is 10.2. The van der Waals surface area contributed by atoms with Gasteiger partial charge in [0.05, 0.1) is 0 Å². The number of ether oxygens (including phenoxy) is 2. The maximum Gasteiger partial charge on any atom is 0.163 e. The number of anilines is 2. The standard InChI is InChI=1S/C15H16N2O2/c16-10-11-2-1-3-12(8-11)17-13-4-5-14-15(9-13)19-7-6-18-14/h1-5,8-9,17H,6-7,10,16H2. The number of rotatable bonds is 3. The number of hydrogen-bond acceptors (Lipinski definition) is 4. The van der Waals surface area contributed by atoms with Crippen LogP contribution in [0, 0.1) is 0 Å². The molecule has 4 nitrogen and oxygen atoms in total. The Labute approximate surface area is 112 Å². The van der Waals surface area contributed by atoms with Crippen LogP contribution in [0.3, 0.4) is 0 Å². The van der Waals surface area contributed by atoms with Gasteiger partial charge >= 0.3 is 0 Å². The van der Waals surface area contributed by atoms with Crippen molar-refractivity contribution in [2.75, 3.05) is 18.5 Å². The van der Waals surface area contributed by atoms with Gasteiger partial charge in [0.15, 0.2) is 11.5 Å². The van der Waals surface area contributed by atoms with Gasteiger partial charge in [-0.05, 0) is 29.8 Å². The minimum absolute atomic E-state index is 0.538. The fourth-order valence-electron chi connectivity index (χ4n) is 2.06. The number of benzene rings is 2. The molecule has 0 saturated carbocycles. The summed E-state index contributed by atoms with van der Waals surface area (Å²) in [7, 11) is 0. The van der Waals surface area contributed by atoms with Crippen LogP contribution < -0.4 is 20.5 Å². The summed E-state index contributed by atoms with van der Waals surface area (Å²) in [5.41, 5.74) is 8.72. The van der Waals surface area contributed by atoms with Gasteiger partial charge < -0.3 is 20.5 Å². The van der Waals surface area contributed by atoms with Crippen molar-refractivity contribution in [3.8, 4) is 11.5 Å². The van der Waals surface area contributed by atoms with Gasteiger partial charge in [0, 0.05) is 24.0 Å². The zero-order valence-electron chi connectivity index (χ0n) is 10.6. The molecule has 1 heterocycles.